The Morgan fingerprint density at radius 1 is 0.235 bits per heavy atom. The monoisotopic (exact) mass is 945 g/mol. The molecule has 0 spiro atoms. The first kappa shape index (κ1) is 59.3. The van der Waals surface area contributed by atoms with Gasteiger partial charge in [-0.25, -0.2) is 0 Å². The zero-order chi connectivity index (χ0) is 48.5. The van der Waals surface area contributed by atoms with Gasteiger partial charge in [-0.05, 0) is 61.1 Å². The summed E-state index contributed by atoms with van der Waals surface area (Å²) < 4.78 is 26.0. The molecule has 0 aromatic heterocycles. The lowest BCUT2D eigenvalue weighted by Gasteiger charge is -2.23. The van der Waals surface area contributed by atoms with Crippen LogP contribution < -0.4 is 18.9 Å². The van der Waals surface area contributed by atoms with Gasteiger partial charge in [-0.15, -0.1) is 0 Å². The maximum absolute atomic E-state index is 14.0. The molecule has 2 aromatic rings. The highest BCUT2D eigenvalue weighted by atomic mass is 16.5. The molecule has 6 heteroatoms. The van der Waals surface area contributed by atoms with Crippen molar-refractivity contribution in [2.45, 2.75) is 285 Å². The number of Topliss-reactive ketones (excluding diaryl/α,β-unsaturated/α-hetero) is 2. The van der Waals surface area contributed by atoms with Crippen LogP contribution in [0.15, 0.2) is 24.3 Å². The van der Waals surface area contributed by atoms with Crippen LogP contribution in [0.4, 0.5) is 0 Å². The Morgan fingerprint density at radius 3 is 0.588 bits per heavy atom. The van der Waals surface area contributed by atoms with Crippen molar-refractivity contribution >= 4 is 11.6 Å². The molecule has 0 N–H and O–H groups in total. The van der Waals surface area contributed by atoms with E-state index >= 15 is 0 Å². The molecule has 2 aromatic carbocycles. The molecule has 0 aliphatic heterocycles. The zero-order valence-electron chi connectivity index (χ0n) is 44.9. The minimum Gasteiger partial charge on any atom is -0.490 e. The molecule has 6 nitrogen and oxygen atoms in total. The number of hydrogen-bond acceptors (Lipinski definition) is 6. The average Bonchev–Trinajstić information content (AvgIpc) is 3.35. The Bertz CT molecular complexity index is 1450. The zero-order valence-corrected chi connectivity index (χ0v) is 44.9. The van der Waals surface area contributed by atoms with Gasteiger partial charge in [0.05, 0.1) is 26.4 Å². The summed E-state index contributed by atoms with van der Waals surface area (Å²) in [5.74, 6) is 1.41. The molecule has 0 unspecified atom stereocenters. The fraction of sp³-hybridized carbons (Fsp3) is 0.774. The molecule has 0 saturated heterocycles. The molecule has 0 atom stereocenters. The Hall–Kier alpha value is -3.02. The quantitative estimate of drug-likeness (QED) is 0.0486. The molecule has 0 bridgehead atoms. The summed E-state index contributed by atoms with van der Waals surface area (Å²) in [6.45, 7) is 11.4. The van der Waals surface area contributed by atoms with Crippen molar-refractivity contribution in [2.75, 3.05) is 26.4 Å². The third kappa shape index (κ3) is 25.7. The molecule has 0 saturated carbocycles. The lowest BCUT2D eigenvalue weighted by molar-refractivity contribution is 0.0814. The summed E-state index contributed by atoms with van der Waals surface area (Å²) in [5, 5.41) is 0. The van der Waals surface area contributed by atoms with Gasteiger partial charge in [0.1, 0.15) is 0 Å². The summed E-state index contributed by atoms with van der Waals surface area (Å²) in [4.78, 5) is 28.0. The Labute approximate surface area is 419 Å². The summed E-state index contributed by atoms with van der Waals surface area (Å²) in [6, 6.07) is 7.48. The second kappa shape index (κ2) is 40.7. The van der Waals surface area contributed by atoms with Crippen LogP contribution in [0.1, 0.15) is 305 Å². The van der Waals surface area contributed by atoms with E-state index < -0.39 is 11.6 Å². The number of carbonyl (C=O) groups is 2. The second-order valence-corrected chi connectivity index (χ2v) is 20.5. The molecule has 388 valence electrons. The molecular formula is C62H104O6. The van der Waals surface area contributed by atoms with E-state index in [0.717, 1.165) is 51.4 Å². The number of ether oxygens (including phenoxy) is 4. The number of ketones is 2. The minimum absolute atomic E-state index is 0.381. The summed E-state index contributed by atoms with van der Waals surface area (Å²) in [7, 11) is 0. The topological polar surface area (TPSA) is 71.1 Å². The first-order chi connectivity index (χ1) is 33.5. The fourth-order valence-corrected chi connectivity index (χ4v) is 9.72. The van der Waals surface area contributed by atoms with E-state index in [-0.39, 0.29) is 0 Å². The van der Waals surface area contributed by atoms with Crippen LogP contribution in [0.25, 0.3) is 11.1 Å². The molecule has 0 fully saturated rings. The lowest BCUT2D eigenvalue weighted by Crippen LogP contribution is -2.22. The first-order valence-corrected chi connectivity index (χ1v) is 29.5. The Balaban J connectivity index is 1.73. The van der Waals surface area contributed by atoms with Gasteiger partial charge in [0.25, 0.3) is 0 Å². The van der Waals surface area contributed by atoms with Crippen molar-refractivity contribution in [3.8, 4) is 34.1 Å². The van der Waals surface area contributed by atoms with Crippen molar-refractivity contribution < 1.29 is 28.5 Å². The molecular weight excluding hydrogens is 841 g/mol. The van der Waals surface area contributed by atoms with Crippen LogP contribution >= 0.6 is 0 Å². The molecule has 3 rings (SSSR count). The summed E-state index contributed by atoms with van der Waals surface area (Å²) in [6.07, 6.45) is 50.3. The molecule has 68 heavy (non-hydrogen) atoms. The van der Waals surface area contributed by atoms with Crippen LogP contribution in [-0.2, 0) is 0 Å². The lowest BCUT2D eigenvalue weighted by atomic mass is 9.83. The van der Waals surface area contributed by atoms with Crippen molar-refractivity contribution in [1.82, 2.24) is 0 Å². The highest BCUT2D eigenvalue weighted by Gasteiger charge is 2.34. The summed E-state index contributed by atoms with van der Waals surface area (Å²) >= 11 is 0. The van der Waals surface area contributed by atoms with Crippen LogP contribution in [0.2, 0.25) is 0 Å². The van der Waals surface area contributed by atoms with Gasteiger partial charge < -0.3 is 18.9 Å². The van der Waals surface area contributed by atoms with Gasteiger partial charge in [0, 0.05) is 11.1 Å². The van der Waals surface area contributed by atoms with E-state index in [2.05, 4.69) is 27.7 Å². The second-order valence-electron chi connectivity index (χ2n) is 20.5. The molecule has 1 aliphatic carbocycles. The number of carbonyl (C=O) groups excluding carboxylic acids is 2. The number of benzene rings is 2. The van der Waals surface area contributed by atoms with Crippen LogP contribution in [-0.4, -0.2) is 38.0 Å². The van der Waals surface area contributed by atoms with E-state index in [4.69, 9.17) is 18.9 Å². The fourth-order valence-electron chi connectivity index (χ4n) is 9.72. The maximum Gasteiger partial charge on any atom is 0.234 e. The SMILES string of the molecule is CCCCCCCCCCCCOc1cc2c(cc1OCCCCCCCCCCCC)-c1cc(OCCCCCCCCCCCC)c(OCCCCCCCCCCCC)cc1C(=O)C2=O. The van der Waals surface area contributed by atoms with Crippen molar-refractivity contribution in [3.05, 3.63) is 35.4 Å². The van der Waals surface area contributed by atoms with Crippen LogP contribution in [0.5, 0.6) is 23.0 Å². The predicted molar refractivity (Wildman–Crippen MR) is 290 cm³/mol. The largest absolute Gasteiger partial charge is 0.490 e. The van der Waals surface area contributed by atoms with Crippen molar-refractivity contribution in [2.24, 2.45) is 0 Å². The smallest absolute Gasteiger partial charge is 0.234 e. The summed E-state index contributed by atoms with van der Waals surface area (Å²) in [5.41, 5.74) is 2.18. The van der Waals surface area contributed by atoms with E-state index in [9.17, 15) is 9.59 Å². The molecule has 1 aliphatic rings. The number of rotatable bonds is 48. The highest BCUT2D eigenvalue weighted by molar-refractivity contribution is 6.53. The van der Waals surface area contributed by atoms with Gasteiger partial charge in [-0.1, -0.05) is 259 Å². The van der Waals surface area contributed by atoms with Crippen LogP contribution in [0, 0.1) is 0 Å². The first-order valence-electron chi connectivity index (χ1n) is 29.5. The molecule has 0 heterocycles. The maximum atomic E-state index is 14.0. The normalized spacial score (nSPS) is 12.1. The molecule has 0 amide bonds. The van der Waals surface area contributed by atoms with E-state index in [0.29, 0.717) is 71.7 Å². The average molecular weight is 946 g/mol. The van der Waals surface area contributed by atoms with Crippen LogP contribution in [0.3, 0.4) is 0 Å². The van der Waals surface area contributed by atoms with Gasteiger partial charge >= 0.3 is 0 Å². The third-order valence-electron chi connectivity index (χ3n) is 14.2. The van der Waals surface area contributed by atoms with Crippen molar-refractivity contribution in [3.63, 3.8) is 0 Å². The number of unbranched alkanes of at least 4 members (excludes halogenated alkanes) is 36. The Morgan fingerprint density at radius 2 is 0.397 bits per heavy atom. The van der Waals surface area contributed by atoms with Gasteiger partial charge in [0.15, 0.2) is 23.0 Å². The Kier molecular flexibility index (Phi) is 35.5. The third-order valence-corrected chi connectivity index (χ3v) is 14.2. The van der Waals surface area contributed by atoms with Gasteiger partial charge in [0.2, 0.25) is 11.6 Å². The number of hydrogen-bond donors (Lipinski definition) is 0. The predicted octanol–water partition coefficient (Wildman–Crippen LogP) is 19.9. The standard InChI is InChI=1S/C62H104O6/c1-5-9-13-17-21-25-29-33-37-41-45-65-57-49-53-54-50-58(66-46-42-38-34-30-26-22-18-14-10-6-2)60(68-48-44-40-36-32-28-24-20-16-12-8-4)52-56(54)62(64)61(63)55(53)51-59(57)67-47-43-39-35-31-27-23-19-15-11-7-3/h49-52H,5-48H2,1-4H3. The van der Waals surface area contributed by atoms with Crippen molar-refractivity contribution in [1.29, 1.82) is 0 Å². The van der Waals surface area contributed by atoms with E-state index in [1.54, 1.807) is 12.1 Å². The number of fused-ring (bicyclic) bond motifs is 3. The minimum atomic E-state index is -0.503. The van der Waals surface area contributed by atoms with E-state index in [1.807, 2.05) is 12.1 Å². The van der Waals surface area contributed by atoms with Gasteiger partial charge in [-0.3, -0.25) is 9.59 Å². The molecule has 0 radical (unpaired) electrons. The highest BCUT2D eigenvalue weighted by Crippen LogP contribution is 2.45. The van der Waals surface area contributed by atoms with Gasteiger partial charge in [-0.2, -0.15) is 0 Å². The van der Waals surface area contributed by atoms with E-state index in [1.165, 1.54) is 205 Å².